The van der Waals surface area contributed by atoms with Crippen molar-refractivity contribution < 1.29 is 23.8 Å². The van der Waals surface area contributed by atoms with Gasteiger partial charge in [-0.1, -0.05) is 0 Å². The molecular weight excluding hydrogens is 277 g/mol. The van der Waals surface area contributed by atoms with E-state index in [0.717, 1.165) is 0 Å². The molecule has 0 atom stereocenters. The number of aromatic nitrogens is 1. The number of rotatable bonds is 7. The third-order valence-electron chi connectivity index (χ3n) is 2.60. The highest BCUT2D eigenvalue weighted by molar-refractivity contribution is 5.88. The molecule has 2 rings (SSSR count). The van der Waals surface area contributed by atoms with Gasteiger partial charge in [-0.3, -0.25) is 0 Å². The number of hydrogen-bond donors (Lipinski definition) is 1. The molecule has 0 saturated heterocycles. The van der Waals surface area contributed by atoms with Crippen LogP contribution in [0.2, 0.25) is 0 Å². The summed E-state index contributed by atoms with van der Waals surface area (Å²) in [4.78, 5) is 14.7. The first-order valence-electron chi connectivity index (χ1n) is 6.36. The van der Waals surface area contributed by atoms with Gasteiger partial charge in [0, 0.05) is 12.6 Å². The van der Waals surface area contributed by atoms with E-state index in [4.69, 9.17) is 14.6 Å². The molecule has 1 N–H and O–H groups in total. The van der Waals surface area contributed by atoms with Crippen LogP contribution in [0.15, 0.2) is 42.6 Å². The molecule has 1 aromatic heterocycles. The van der Waals surface area contributed by atoms with Gasteiger partial charge in [0.05, 0.1) is 13.2 Å². The van der Waals surface area contributed by atoms with Crippen LogP contribution >= 0.6 is 0 Å². The second-order valence-corrected chi connectivity index (χ2v) is 4.16. The third kappa shape index (κ3) is 4.45. The zero-order chi connectivity index (χ0) is 15.1. The van der Waals surface area contributed by atoms with Crippen LogP contribution in [-0.2, 0) is 0 Å². The van der Waals surface area contributed by atoms with Crippen LogP contribution < -0.4 is 9.47 Å². The molecule has 5 nitrogen and oxygen atoms in total. The predicted octanol–water partition coefficient (Wildman–Crippen LogP) is 2.77. The van der Waals surface area contributed by atoms with Gasteiger partial charge in [0.25, 0.3) is 0 Å². The Morgan fingerprint density at radius 1 is 1.14 bits per heavy atom. The van der Waals surface area contributed by atoms with Gasteiger partial charge >= 0.3 is 5.97 Å². The van der Waals surface area contributed by atoms with E-state index >= 15 is 0 Å². The van der Waals surface area contributed by atoms with E-state index in [1.165, 1.54) is 18.3 Å². The van der Waals surface area contributed by atoms with E-state index in [9.17, 15) is 9.18 Å². The van der Waals surface area contributed by atoms with Crippen molar-refractivity contribution in [3.8, 4) is 11.5 Å². The zero-order valence-electron chi connectivity index (χ0n) is 11.2. The highest BCUT2D eigenvalue weighted by atomic mass is 19.1. The molecule has 0 radical (unpaired) electrons. The third-order valence-corrected chi connectivity index (χ3v) is 2.60. The number of halogens is 1. The number of carboxylic acids is 1. The number of hydrogen-bond acceptors (Lipinski definition) is 4. The summed E-state index contributed by atoms with van der Waals surface area (Å²) in [5.74, 6) is -0.646. The van der Waals surface area contributed by atoms with Gasteiger partial charge in [-0.25, -0.2) is 14.2 Å². The summed E-state index contributed by atoms with van der Waals surface area (Å²) in [5.41, 5.74) is -0.114. The first-order chi connectivity index (χ1) is 10.2. The lowest BCUT2D eigenvalue weighted by Gasteiger charge is -2.09. The van der Waals surface area contributed by atoms with Crippen molar-refractivity contribution in [3.05, 3.63) is 54.1 Å². The lowest BCUT2D eigenvalue weighted by molar-refractivity contribution is 0.0685. The van der Waals surface area contributed by atoms with Crippen LogP contribution in [0.5, 0.6) is 11.5 Å². The van der Waals surface area contributed by atoms with Crippen LogP contribution in [0.3, 0.4) is 0 Å². The Labute approximate surface area is 121 Å². The SMILES string of the molecule is O=C(O)c1ncccc1OCCCOc1ccc(F)cc1. The monoisotopic (exact) mass is 291 g/mol. The quantitative estimate of drug-likeness (QED) is 0.794. The highest BCUT2D eigenvalue weighted by Crippen LogP contribution is 2.15. The average molecular weight is 291 g/mol. The summed E-state index contributed by atoms with van der Waals surface area (Å²) in [5, 5.41) is 8.94. The molecule has 110 valence electrons. The largest absolute Gasteiger partial charge is 0.493 e. The second kappa shape index (κ2) is 7.23. The Bertz CT molecular complexity index is 601. The molecule has 1 aromatic carbocycles. The Morgan fingerprint density at radius 3 is 2.57 bits per heavy atom. The predicted molar refractivity (Wildman–Crippen MR) is 73.2 cm³/mol. The molecule has 0 aliphatic carbocycles. The first kappa shape index (κ1) is 14.8. The van der Waals surface area contributed by atoms with Gasteiger partial charge in [0.1, 0.15) is 11.6 Å². The Balaban J connectivity index is 1.75. The number of nitrogens with zero attached hydrogens (tertiary/aromatic N) is 1. The number of aromatic carboxylic acids is 1. The average Bonchev–Trinajstić information content (AvgIpc) is 2.49. The van der Waals surface area contributed by atoms with Crippen molar-refractivity contribution in [2.75, 3.05) is 13.2 Å². The molecule has 2 aromatic rings. The van der Waals surface area contributed by atoms with Crippen LogP contribution in [0.1, 0.15) is 16.9 Å². The van der Waals surface area contributed by atoms with Gasteiger partial charge in [-0.2, -0.15) is 0 Å². The van der Waals surface area contributed by atoms with E-state index < -0.39 is 5.97 Å². The van der Waals surface area contributed by atoms with Crippen molar-refractivity contribution in [3.63, 3.8) is 0 Å². The summed E-state index contributed by atoms with van der Waals surface area (Å²) in [6.45, 7) is 0.682. The van der Waals surface area contributed by atoms with Crippen molar-refractivity contribution in [2.45, 2.75) is 6.42 Å². The molecule has 0 aliphatic heterocycles. The molecule has 0 spiro atoms. The fourth-order valence-electron chi connectivity index (χ4n) is 1.63. The molecule has 0 amide bonds. The standard InChI is InChI=1S/C15H14FNO4/c16-11-4-6-12(7-5-11)20-9-2-10-21-13-3-1-8-17-14(13)15(18)19/h1,3-8H,2,9-10H2,(H,18,19). The maximum absolute atomic E-state index is 12.7. The molecule has 0 aliphatic rings. The Morgan fingerprint density at radius 2 is 1.86 bits per heavy atom. The molecule has 21 heavy (non-hydrogen) atoms. The lowest BCUT2D eigenvalue weighted by Crippen LogP contribution is -2.09. The number of benzene rings is 1. The van der Waals surface area contributed by atoms with Crippen molar-refractivity contribution in [1.82, 2.24) is 4.98 Å². The summed E-state index contributed by atoms with van der Waals surface area (Å²) in [6, 6.07) is 8.88. The zero-order valence-corrected chi connectivity index (χ0v) is 11.2. The van der Waals surface area contributed by atoms with E-state index in [1.54, 1.807) is 24.3 Å². The fourth-order valence-corrected chi connectivity index (χ4v) is 1.63. The smallest absolute Gasteiger partial charge is 0.358 e. The van der Waals surface area contributed by atoms with Crippen LogP contribution in [0.4, 0.5) is 4.39 Å². The summed E-state index contributed by atoms with van der Waals surface area (Å²) in [6.07, 6.45) is 1.96. The molecule has 0 unspecified atom stereocenters. The maximum Gasteiger partial charge on any atom is 0.358 e. The second-order valence-electron chi connectivity index (χ2n) is 4.16. The Kier molecular flexibility index (Phi) is 5.09. The Hall–Kier alpha value is -2.63. The van der Waals surface area contributed by atoms with Crippen molar-refractivity contribution in [2.24, 2.45) is 0 Å². The van der Waals surface area contributed by atoms with E-state index in [2.05, 4.69) is 4.98 Å². The minimum absolute atomic E-state index is 0.114. The first-order valence-corrected chi connectivity index (χ1v) is 6.36. The van der Waals surface area contributed by atoms with Crippen LogP contribution in [0.25, 0.3) is 0 Å². The number of carboxylic acid groups (broad SMARTS) is 1. The van der Waals surface area contributed by atoms with E-state index in [-0.39, 0.29) is 17.3 Å². The van der Waals surface area contributed by atoms with Crippen molar-refractivity contribution >= 4 is 5.97 Å². The van der Waals surface area contributed by atoms with Gasteiger partial charge in [-0.05, 0) is 36.4 Å². The number of carbonyl (C=O) groups is 1. The number of ether oxygens (including phenoxy) is 2. The minimum atomic E-state index is -1.13. The van der Waals surface area contributed by atoms with Gasteiger partial charge in [0.2, 0.25) is 0 Å². The van der Waals surface area contributed by atoms with Crippen LogP contribution in [-0.4, -0.2) is 29.3 Å². The highest BCUT2D eigenvalue weighted by Gasteiger charge is 2.11. The van der Waals surface area contributed by atoms with E-state index in [0.29, 0.717) is 25.4 Å². The number of pyridine rings is 1. The minimum Gasteiger partial charge on any atom is -0.493 e. The summed E-state index contributed by atoms with van der Waals surface area (Å²) >= 11 is 0. The molecule has 1 heterocycles. The van der Waals surface area contributed by atoms with Gasteiger partial charge in [0.15, 0.2) is 11.4 Å². The van der Waals surface area contributed by atoms with Gasteiger partial charge in [-0.15, -0.1) is 0 Å². The normalized spacial score (nSPS) is 10.1. The maximum atomic E-state index is 12.7. The van der Waals surface area contributed by atoms with Gasteiger partial charge < -0.3 is 14.6 Å². The summed E-state index contributed by atoms with van der Waals surface area (Å²) in [7, 11) is 0. The molecular formula is C15H14FNO4. The van der Waals surface area contributed by atoms with Crippen LogP contribution in [0, 0.1) is 5.82 Å². The summed E-state index contributed by atoms with van der Waals surface area (Å²) < 4.78 is 23.5. The van der Waals surface area contributed by atoms with Crippen molar-refractivity contribution in [1.29, 1.82) is 0 Å². The molecule has 6 heteroatoms. The lowest BCUT2D eigenvalue weighted by atomic mass is 10.3. The topological polar surface area (TPSA) is 68.7 Å². The molecule has 0 saturated carbocycles. The molecule has 0 bridgehead atoms. The molecule has 0 fully saturated rings. The van der Waals surface area contributed by atoms with E-state index in [1.807, 2.05) is 0 Å². The fraction of sp³-hybridized carbons (Fsp3) is 0.200.